The lowest BCUT2D eigenvalue weighted by atomic mass is 10.0. The highest BCUT2D eigenvalue weighted by atomic mass is 16.5. The third-order valence-corrected chi connectivity index (χ3v) is 5.78. The number of hydrogen-bond acceptors (Lipinski definition) is 4. The summed E-state index contributed by atoms with van der Waals surface area (Å²) in [4.78, 5) is 34.3. The number of aliphatic carboxylic acids is 1. The molecule has 2 N–H and O–H groups in total. The van der Waals surface area contributed by atoms with Crippen LogP contribution in [-0.2, 0) is 19.1 Å². The Bertz CT molecular complexity index is 481. The van der Waals surface area contributed by atoms with E-state index in [4.69, 9.17) is 9.84 Å². The number of nitrogens with one attached hydrogen (secondary N) is 1. The molecule has 0 fully saturated rings. The number of ether oxygens (including phenoxy) is 1. The normalized spacial score (nSPS) is 11.8. The number of carboxylic acids is 1. The molecule has 6 nitrogen and oxygen atoms in total. The molecule has 0 spiro atoms. The molecule has 0 aliphatic rings. The van der Waals surface area contributed by atoms with Crippen LogP contribution >= 0.6 is 0 Å². The zero-order chi connectivity index (χ0) is 23.9. The number of carbonyl (C=O) groups excluding carboxylic acids is 2. The van der Waals surface area contributed by atoms with Gasteiger partial charge in [0.05, 0.1) is 0 Å². The molecule has 0 aliphatic heterocycles. The predicted octanol–water partition coefficient (Wildman–Crippen LogP) is 6.55. The highest BCUT2D eigenvalue weighted by Crippen LogP contribution is 2.17. The number of amides is 1. The van der Waals surface area contributed by atoms with E-state index in [1.807, 2.05) is 0 Å². The third-order valence-electron chi connectivity index (χ3n) is 5.78. The van der Waals surface area contributed by atoms with Gasteiger partial charge in [0.15, 0.2) is 0 Å². The summed E-state index contributed by atoms with van der Waals surface area (Å²) >= 11 is 0. The lowest BCUT2D eigenvalue weighted by molar-refractivity contribution is -0.150. The smallest absolute Gasteiger partial charge is 0.322 e. The number of unbranched alkanes of at least 4 members (excludes halogenated alkanes) is 12. The summed E-state index contributed by atoms with van der Waals surface area (Å²) in [5.41, 5.74) is 0. The molecular weight excluding hydrogens is 406 g/mol. The summed E-state index contributed by atoms with van der Waals surface area (Å²) in [6.45, 7) is 4.10. The van der Waals surface area contributed by atoms with Gasteiger partial charge < -0.3 is 15.2 Å². The van der Waals surface area contributed by atoms with Gasteiger partial charge in [0.25, 0.3) is 0 Å². The molecule has 0 saturated carbocycles. The maximum atomic E-state index is 12.3. The van der Waals surface area contributed by atoms with Crippen LogP contribution in [0.2, 0.25) is 0 Å². The molecule has 1 atom stereocenters. The van der Waals surface area contributed by atoms with E-state index in [0.29, 0.717) is 12.8 Å². The minimum absolute atomic E-state index is 0.0165. The Kier molecular flexibility index (Phi) is 21.5. The second-order valence-electron chi connectivity index (χ2n) is 8.96. The number of carboxylic acid groups (broad SMARTS) is 1. The zero-order valence-corrected chi connectivity index (χ0v) is 20.8. The van der Waals surface area contributed by atoms with Crippen LogP contribution in [0.4, 0.5) is 0 Å². The van der Waals surface area contributed by atoms with E-state index in [9.17, 15) is 14.4 Å². The number of hydrogen-bond donors (Lipinski definition) is 2. The predicted molar refractivity (Wildman–Crippen MR) is 130 cm³/mol. The SMILES string of the molecule is CCCCCCCCCC(=O)OC(CCCCCC)CCCCCCC(=O)NCC(=O)O. The maximum Gasteiger partial charge on any atom is 0.322 e. The minimum Gasteiger partial charge on any atom is -0.480 e. The van der Waals surface area contributed by atoms with Gasteiger partial charge in [-0.2, -0.15) is 0 Å². The van der Waals surface area contributed by atoms with Crippen LogP contribution in [0.25, 0.3) is 0 Å². The second-order valence-corrected chi connectivity index (χ2v) is 8.96. The van der Waals surface area contributed by atoms with E-state index in [0.717, 1.165) is 57.8 Å². The summed E-state index contributed by atoms with van der Waals surface area (Å²) in [5.74, 6) is -1.28. The standard InChI is InChI=1S/C26H49NO5/c1-3-5-7-9-10-11-17-21-26(31)32-23(18-14-8-6-4-2)19-15-12-13-16-20-24(28)27-22-25(29)30/h23H,3-22H2,1-2H3,(H,27,28)(H,29,30). The molecule has 0 bridgehead atoms. The van der Waals surface area contributed by atoms with Crippen molar-refractivity contribution in [2.75, 3.05) is 6.54 Å². The van der Waals surface area contributed by atoms with Gasteiger partial charge >= 0.3 is 11.9 Å². The van der Waals surface area contributed by atoms with Crippen molar-refractivity contribution in [1.82, 2.24) is 5.32 Å². The molecule has 0 radical (unpaired) electrons. The summed E-state index contributed by atoms with van der Waals surface area (Å²) in [6, 6.07) is 0. The van der Waals surface area contributed by atoms with E-state index < -0.39 is 5.97 Å². The largest absolute Gasteiger partial charge is 0.480 e. The number of carbonyl (C=O) groups is 3. The lowest BCUT2D eigenvalue weighted by Gasteiger charge is -2.18. The first-order valence-electron chi connectivity index (χ1n) is 13.2. The van der Waals surface area contributed by atoms with Gasteiger partial charge in [0, 0.05) is 12.8 Å². The summed E-state index contributed by atoms with van der Waals surface area (Å²) < 4.78 is 5.82. The van der Waals surface area contributed by atoms with Crippen LogP contribution in [-0.4, -0.2) is 35.6 Å². The van der Waals surface area contributed by atoms with Crippen molar-refractivity contribution in [2.24, 2.45) is 0 Å². The van der Waals surface area contributed by atoms with Crippen LogP contribution in [0.3, 0.4) is 0 Å². The molecular formula is C26H49NO5. The average molecular weight is 456 g/mol. The Balaban J connectivity index is 4.02. The molecule has 0 heterocycles. The summed E-state index contributed by atoms with van der Waals surface area (Å²) in [6.07, 6.45) is 19.5. The fourth-order valence-corrected chi connectivity index (χ4v) is 3.81. The molecule has 1 unspecified atom stereocenters. The average Bonchev–Trinajstić information content (AvgIpc) is 2.76. The molecule has 6 heteroatoms. The van der Waals surface area contributed by atoms with Gasteiger partial charge in [-0.1, -0.05) is 84.5 Å². The summed E-state index contributed by atoms with van der Waals surface area (Å²) in [7, 11) is 0. The molecule has 0 rings (SSSR count). The number of rotatable bonds is 23. The fraction of sp³-hybridized carbons (Fsp3) is 0.885. The van der Waals surface area contributed by atoms with Crippen molar-refractivity contribution in [1.29, 1.82) is 0 Å². The second kappa shape index (κ2) is 22.6. The first-order chi connectivity index (χ1) is 15.5. The minimum atomic E-state index is -1.02. The van der Waals surface area contributed by atoms with Gasteiger partial charge in [-0.15, -0.1) is 0 Å². The van der Waals surface area contributed by atoms with Crippen molar-refractivity contribution < 1.29 is 24.2 Å². The molecule has 0 aromatic carbocycles. The highest BCUT2D eigenvalue weighted by Gasteiger charge is 2.14. The molecule has 0 saturated heterocycles. The van der Waals surface area contributed by atoms with Crippen molar-refractivity contribution in [2.45, 2.75) is 142 Å². The topological polar surface area (TPSA) is 92.7 Å². The molecule has 0 aromatic rings. The molecule has 1 amide bonds. The summed E-state index contributed by atoms with van der Waals surface area (Å²) in [5, 5.41) is 10.9. The highest BCUT2D eigenvalue weighted by molar-refractivity contribution is 5.80. The van der Waals surface area contributed by atoms with Crippen molar-refractivity contribution in [3.63, 3.8) is 0 Å². The van der Waals surface area contributed by atoms with Gasteiger partial charge in [0.2, 0.25) is 5.91 Å². The zero-order valence-electron chi connectivity index (χ0n) is 20.8. The number of esters is 1. The third kappa shape index (κ3) is 21.6. The van der Waals surface area contributed by atoms with E-state index in [1.165, 1.54) is 51.4 Å². The molecule has 0 aromatic heterocycles. The van der Waals surface area contributed by atoms with E-state index in [-0.39, 0.29) is 24.5 Å². The van der Waals surface area contributed by atoms with Gasteiger partial charge in [-0.25, -0.2) is 0 Å². The quantitative estimate of drug-likeness (QED) is 0.135. The Hall–Kier alpha value is -1.59. The monoisotopic (exact) mass is 455 g/mol. The van der Waals surface area contributed by atoms with Gasteiger partial charge in [-0.05, 0) is 38.5 Å². The van der Waals surface area contributed by atoms with E-state index in [1.54, 1.807) is 0 Å². The van der Waals surface area contributed by atoms with Crippen LogP contribution in [0.15, 0.2) is 0 Å². The van der Waals surface area contributed by atoms with Crippen molar-refractivity contribution in [3.8, 4) is 0 Å². The molecule has 0 aliphatic carbocycles. The van der Waals surface area contributed by atoms with E-state index >= 15 is 0 Å². The Morgan fingerprint density at radius 3 is 1.72 bits per heavy atom. The van der Waals surface area contributed by atoms with Crippen molar-refractivity contribution >= 4 is 17.8 Å². The molecule has 188 valence electrons. The molecule has 32 heavy (non-hydrogen) atoms. The van der Waals surface area contributed by atoms with Crippen LogP contribution in [0.5, 0.6) is 0 Å². The maximum absolute atomic E-state index is 12.3. The van der Waals surface area contributed by atoms with Gasteiger partial charge in [0.1, 0.15) is 12.6 Å². The van der Waals surface area contributed by atoms with Crippen LogP contribution < -0.4 is 5.32 Å². The first-order valence-corrected chi connectivity index (χ1v) is 13.2. The van der Waals surface area contributed by atoms with E-state index in [2.05, 4.69) is 19.2 Å². The lowest BCUT2D eigenvalue weighted by Crippen LogP contribution is -2.28. The van der Waals surface area contributed by atoms with Gasteiger partial charge in [-0.3, -0.25) is 14.4 Å². The Morgan fingerprint density at radius 1 is 0.688 bits per heavy atom. The Morgan fingerprint density at radius 2 is 1.16 bits per heavy atom. The van der Waals surface area contributed by atoms with Crippen LogP contribution in [0.1, 0.15) is 136 Å². The first kappa shape index (κ1) is 30.4. The Labute approximate surface area is 196 Å². The van der Waals surface area contributed by atoms with Crippen molar-refractivity contribution in [3.05, 3.63) is 0 Å². The van der Waals surface area contributed by atoms with Crippen LogP contribution in [0, 0.1) is 0 Å². The fourth-order valence-electron chi connectivity index (χ4n) is 3.81.